The van der Waals surface area contributed by atoms with Crippen LogP contribution in [-0.4, -0.2) is 36.3 Å². The minimum atomic E-state index is -0.638. The van der Waals surface area contributed by atoms with Gasteiger partial charge in [-0.15, -0.1) is 0 Å². The standard InChI is InChI=1S/C12H19NO2/c1-4-13(5-2)9-10-7-6-8-11(15-3)12(10)14/h6-9,12,14H,4-5H2,1-3H3. The largest absolute Gasteiger partial charge is 0.498 e. The number of rotatable bonds is 4. The molecule has 0 saturated carbocycles. The maximum absolute atomic E-state index is 9.93. The normalized spacial score (nSPS) is 22.8. The van der Waals surface area contributed by atoms with Crippen LogP contribution in [0.4, 0.5) is 0 Å². The van der Waals surface area contributed by atoms with Crippen molar-refractivity contribution in [3.05, 3.63) is 35.8 Å². The van der Waals surface area contributed by atoms with E-state index in [0.717, 1.165) is 18.7 Å². The molecule has 1 N–H and O–H groups in total. The molecule has 0 aromatic rings. The second-order valence-electron chi connectivity index (χ2n) is 3.39. The van der Waals surface area contributed by atoms with Crippen molar-refractivity contribution in [2.45, 2.75) is 20.0 Å². The lowest BCUT2D eigenvalue weighted by Gasteiger charge is -2.22. The quantitative estimate of drug-likeness (QED) is 0.764. The first kappa shape index (κ1) is 11.9. The van der Waals surface area contributed by atoms with E-state index in [1.165, 1.54) is 0 Å². The Kier molecular flexibility index (Phi) is 4.43. The summed E-state index contributed by atoms with van der Waals surface area (Å²) in [6, 6.07) is 0. The highest BCUT2D eigenvalue weighted by atomic mass is 16.5. The zero-order valence-electron chi connectivity index (χ0n) is 9.60. The molecule has 0 spiro atoms. The summed E-state index contributed by atoms with van der Waals surface area (Å²) in [4.78, 5) is 2.14. The fraction of sp³-hybridized carbons (Fsp3) is 0.500. The van der Waals surface area contributed by atoms with E-state index in [1.54, 1.807) is 13.2 Å². The molecule has 84 valence electrons. The van der Waals surface area contributed by atoms with Crippen molar-refractivity contribution in [2.24, 2.45) is 0 Å². The van der Waals surface area contributed by atoms with Crippen molar-refractivity contribution >= 4 is 0 Å². The van der Waals surface area contributed by atoms with Crippen molar-refractivity contribution in [3.63, 3.8) is 0 Å². The average molecular weight is 209 g/mol. The van der Waals surface area contributed by atoms with Gasteiger partial charge in [-0.1, -0.05) is 12.2 Å². The first-order chi connectivity index (χ1) is 7.22. The average Bonchev–Trinajstić information content (AvgIpc) is 2.28. The number of aliphatic hydroxyl groups excluding tert-OH is 1. The van der Waals surface area contributed by atoms with Gasteiger partial charge >= 0.3 is 0 Å². The third-order valence-corrected chi connectivity index (χ3v) is 2.51. The number of hydrogen-bond acceptors (Lipinski definition) is 3. The van der Waals surface area contributed by atoms with Crippen molar-refractivity contribution in [3.8, 4) is 0 Å². The molecule has 1 aliphatic carbocycles. The summed E-state index contributed by atoms with van der Waals surface area (Å²) in [7, 11) is 1.57. The molecule has 3 nitrogen and oxygen atoms in total. The van der Waals surface area contributed by atoms with Crippen molar-refractivity contribution < 1.29 is 9.84 Å². The molecule has 0 aliphatic heterocycles. The molecule has 1 rings (SSSR count). The highest BCUT2D eigenvalue weighted by molar-refractivity contribution is 5.37. The zero-order valence-corrected chi connectivity index (χ0v) is 9.60. The first-order valence-electron chi connectivity index (χ1n) is 5.29. The van der Waals surface area contributed by atoms with Gasteiger partial charge in [0, 0.05) is 24.9 Å². The van der Waals surface area contributed by atoms with Crippen molar-refractivity contribution in [2.75, 3.05) is 20.2 Å². The predicted octanol–water partition coefficient (Wildman–Crippen LogP) is 1.67. The van der Waals surface area contributed by atoms with E-state index in [2.05, 4.69) is 18.7 Å². The van der Waals surface area contributed by atoms with Crippen LogP contribution in [-0.2, 0) is 4.74 Å². The van der Waals surface area contributed by atoms with Crippen LogP contribution in [0.15, 0.2) is 35.8 Å². The summed E-state index contributed by atoms with van der Waals surface area (Å²) in [5.41, 5.74) is 0.873. The molecule has 1 unspecified atom stereocenters. The molecule has 1 atom stereocenters. The van der Waals surface area contributed by atoms with Crippen LogP contribution in [0.3, 0.4) is 0 Å². The number of hydrogen-bond donors (Lipinski definition) is 1. The minimum absolute atomic E-state index is 0.593. The Morgan fingerprint density at radius 1 is 1.47 bits per heavy atom. The molecule has 0 bridgehead atoms. The van der Waals surface area contributed by atoms with E-state index in [1.807, 2.05) is 18.4 Å². The molecular formula is C12H19NO2. The molecule has 3 heteroatoms. The number of ether oxygens (including phenoxy) is 1. The monoisotopic (exact) mass is 209 g/mol. The first-order valence-corrected chi connectivity index (χ1v) is 5.29. The SMILES string of the molecule is CCN(C=C1C=CC=C(OC)C1O)CC. The summed E-state index contributed by atoms with van der Waals surface area (Å²) in [5, 5.41) is 9.93. The van der Waals surface area contributed by atoms with Crippen LogP contribution >= 0.6 is 0 Å². The van der Waals surface area contributed by atoms with Crippen LogP contribution < -0.4 is 0 Å². The Labute approximate surface area is 91.3 Å². The fourth-order valence-electron chi connectivity index (χ4n) is 1.51. The number of methoxy groups -OCH3 is 1. The molecule has 15 heavy (non-hydrogen) atoms. The van der Waals surface area contributed by atoms with Gasteiger partial charge in [-0.3, -0.25) is 0 Å². The molecule has 0 amide bonds. The van der Waals surface area contributed by atoms with Gasteiger partial charge in [0.1, 0.15) is 11.9 Å². The van der Waals surface area contributed by atoms with Crippen LogP contribution in [0.1, 0.15) is 13.8 Å². The van der Waals surface area contributed by atoms with Crippen molar-refractivity contribution in [1.29, 1.82) is 0 Å². The Bertz CT molecular complexity index is 288. The fourth-order valence-corrected chi connectivity index (χ4v) is 1.51. The van der Waals surface area contributed by atoms with Gasteiger partial charge in [-0.25, -0.2) is 0 Å². The Morgan fingerprint density at radius 2 is 2.13 bits per heavy atom. The Hall–Kier alpha value is -1.22. The minimum Gasteiger partial charge on any atom is -0.498 e. The van der Waals surface area contributed by atoms with E-state index < -0.39 is 6.10 Å². The lowest BCUT2D eigenvalue weighted by molar-refractivity contribution is 0.152. The third kappa shape index (κ3) is 2.86. The summed E-state index contributed by atoms with van der Waals surface area (Å²) in [6.45, 7) is 6.05. The molecule has 0 fully saturated rings. The van der Waals surface area contributed by atoms with Gasteiger partial charge < -0.3 is 14.7 Å². The number of allylic oxidation sites excluding steroid dienone is 2. The van der Waals surface area contributed by atoms with Crippen LogP contribution in [0.25, 0.3) is 0 Å². The molecule has 0 aromatic heterocycles. The molecule has 0 radical (unpaired) electrons. The van der Waals surface area contributed by atoms with Gasteiger partial charge in [0.25, 0.3) is 0 Å². The second kappa shape index (κ2) is 5.61. The Morgan fingerprint density at radius 3 is 2.67 bits per heavy atom. The van der Waals surface area contributed by atoms with Crippen LogP contribution in [0.2, 0.25) is 0 Å². The summed E-state index contributed by atoms with van der Waals surface area (Å²) < 4.78 is 5.08. The zero-order chi connectivity index (χ0) is 11.3. The summed E-state index contributed by atoms with van der Waals surface area (Å²) in [6.07, 6.45) is 6.92. The number of nitrogens with zero attached hydrogens (tertiary/aromatic N) is 1. The molecule has 1 aliphatic rings. The molecule has 0 aromatic carbocycles. The maximum atomic E-state index is 9.93. The van der Waals surface area contributed by atoms with Crippen LogP contribution in [0, 0.1) is 0 Å². The van der Waals surface area contributed by atoms with Crippen molar-refractivity contribution in [1.82, 2.24) is 4.90 Å². The second-order valence-corrected chi connectivity index (χ2v) is 3.39. The molecular weight excluding hydrogens is 190 g/mol. The smallest absolute Gasteiger partial charge is 0.137 e. The van der Waals surface area contributed by atoms with E-state index in [0.29, 0.717) is 5.76 Å². The highest BCUT2D eigenvalue weighted by Crippen LogP contribution is 2.19. The molecule has 0 heterocycles. The highest BCUT2D eigenvalue weighted by Gasteiger charge is 2.17. The van der Waals surface area contributed by atoms with E-state index >= 15 is 0 Å². The predicted molar refractivity (Wildman–Crippen MR) is 61.2 cm³/mol. The van der Waals surface area contributed by atoms with E-state index in [4.69, 9.17) is 4.74 Å². The lowest BCUT2D eigenvalue weighted by Crippen LogP contribution is -2.22. The molecule has 0 saturated heterocycles. The van der Waals surface area contributed by atoms with E-state index in [9.17, 15) is 5.11 Å². The van der Waals surface area contributed by atoms with E-state index in [-0.39, 0.29) is 0 Å². The summed E-state index contributed by atoms with van der Waals surface area (Å²) >= 11 is 0. The van der Waals surface area contributed by atoms with Crippen LogP contribution in [0.5, 0.6) is 0 Å². The van der Waals surface area contributed by atoms with Gasteiger partial charge in [0.15, 0.2) is 0 Å². The van der Waals surface area contributed by atoms with Gasteiger partial charge in [-0.2, -0.15) is 0 Å². The number of aliphatic hydroxyl groups is 1. The Balaban J connectivity index is 2.80. The summed E-state index contributed by atoms with van der Waals surface area (Å²) in [5.74, 6) is 0.593. The van der Waals surface area contributed by atoms with Gasteiger partial charge in [-0.05, 0) is 19.9 Å². The maximum Gasteiger partial charge on any atom is 0.137 e. The lowest BCUT2D eigenvalue weighted by atomic mass is 10.0. The topological polar surface area (TPSA) is 32.7 Å². The van der Waals surface area contributed by atoms with Gasteiger partial charge in [0.05, 0.1) is 7.11 Å². The van der Waals surface area contributed by atoms with Gasteiger partial charge in [0.2, 0.25) is 0 Å². The third-order valence-electron chi connectivity index (χ3n) is 2.51.